The third-order valence-electron chi connectivity index (χ3n) is 3.29. The van der Waals surface area contributed by atoms with Crippen LogP contribution in [-0.2, 0) is 6.18 Å². The first-order chi connectivity index (χ1) is 12.2. The summed E-state index contributed by atoms with van der Waals surface area (Å²) < 4.78 is 39.2. The van der Waals surface area contributed by atoms with Crippen molar-refractivity contribution < 1.29 is 18.0 Å². The summed E-state index contributed by atoms with van der Waals surface area (Å²) in [5, 5.41) is 5.10. The Labute approximate surface area is 153 Å². The third-order valence-corrected chi connectivity index (χ3v) is 3.53. The molecule has 6 nitrogen and oxygen atoms in total. The highest BCUT2D eigenvalue weighted by atomic mass is 35.5. The van der Waals surface area contributed by atoms with Crippen LogP contribution in [0.4, 0.5) is 24.8 Å². The van der Waals surface area contributed by atoms with E-state index in [1.807, 2.05) is 19.0 Å². The fourth-order valence-electron chi connectivity index (χ4n) is 1.98. The maximum Gasteiger partial charge on any atom is 0.418 e. The molecule has 0 saturated heterocycles. The summed E-state index contributed by atoms with van der Waals surface area (Å²) in [6, 6.07) is 3.12. The number of nitrogens with one attached hydrogen (secondary N) is 2. The van der Waals surface area contributed by atoms with Crippen molar-refractivity contribution in [3.63, 3.8) is 0 Å². The highest BCUT2D eigenvalue weighted by Crippen LogP contribution is 2.36. The molecule has 0 bridgehead atoms. The van der Waals surface area contributed by atoms with Gasteiger partial charge in [0.2, 0.25) is 5.95 Å². The largest absolute Gasteiger partial charge is 0.418 e. The van der Waals surface area contributed by atoms with E-state index in [1.165, 1.54) is 18.5 Å². The molecule has 0 aliphatic rings. The molecule has 0 aliphatic carbocycles. The Morgan fingerprint density at radius 3 is 2.46 bits per heavy atom. The zero-order valence-electron chi connectivity index (χ0n) is 14.1. The number of nitrogens with zero attached hydrogens (tertiary/aromatic N) is 3. The lowest BCUT2D eigenvalue weighted by molar-refractivity contribution is -0.136. The minimum Gasteiger partial charge on any atom is -0.353 e. The second-order valence-corrected chi connectivity index (χ2v) is 6.10. The number of carbonyl (C=O) groups is 1. The van der Waals surface area contributed by atoms with E-state index >= 15 is 0 Å². The third kappa shape index (κ3) is 5.57. The lowest BCUT2D eigenvalue weighted by Crippen LogP contribution is -2.22. The van der Waals surface area contributed by atoms with E-state index in [1.54, 1.807) is 0 Å². The van der Waals surface area contributed by atoms with Gasteiger partial charge in [0.15, 0.2) is 0 Å². The number of rotatable bonds is 6. The number of anilines is 2. The van der Waals surface area contributed by atoms with E-state index in [0.29, 0.717) is 12.5 Å². The van der Waals surface area contributed by atoms with Gasteiger partial charge in [-0.2, -0.15) is 13.2 Å². The first kappa shape index (κ1) is 19.9. The van der Waals surface area contributed by atoms with Crippen molar-refractivity contribution in [2.24, 2.45) is 0 Å². The molecule has 26 heavy (non-hydrogen) atoms. The van der Waals surface area contributed by atoms with Gasteiger partial charge in [0, 0.05) is 30.5 Å². The summed E-state index contributed by atoms with van der Waals surface area (Å²) in [6.07, 6.45) is -2.17. The van der Waals surface area contributed by atoms with E-state index in [0.717, 1.165) is 18.7 Å². The number of likely N-dealkylation sites (N-methyl/N-ethyl adjacent to an activating group) is 1. The molecular formula is C16H17ClF3N5O. The number of alkyl halides is 3. The fourth-order valence-corrected chi connectivity index (χ4v) is 2.15. The first-order valence-electron chi connectivity index (χ1n) is 7.55. The average Bonchev–Trinajstić information content (AvgIpc) is 2.56. The van der Waals surface area contributed by atoms with Crippen LogP contribution >= 0.6 is 11.6 Å². The SMILES string of the molecule is CN(C)CCNc1ncc(C(=O)Nc2ccc(Cl)cc2C(F)(F)F)cn1. The molecule has 0 radical (unpaired) electrons. The molecular weight excluding hydrogens is 371 g/mol. The van der Waals surface area contributed by atoms with Crippen molar-refractivity contribution in [2.75, 3.05) is 37.8 Å². The van der Waals surface area contributed by atoms with Crippen LogP contribution in [0.15, 0.2) is 30.6 Å². The first-order valence-corrected chi connectivity index (χ1v) is 7.93. The molecule has 2 aromatic rings. The van der Waals surface area contributed by atoms with Crippen LogP contribution in [0.25, 0.3) is 0 Å². The second kappa shape index (κ2) is 8.33. The molecule has 1 amide bonds. The monoisotopic (exact) mass is 387 g/mol. The van der Waals surface area contributed by atoms with Crippen molar-refractivity contribution in [3.8, 4) is 0 Å². The van der Waals surface area contributed by atoms with Crippen LogP contribution in [0.2, 0.25) is 5.02 Å². The van der Waals surface area contributed by atoms with Crippen LogP contribution in [0.3, 0.4) is 0 Å². The molecule has 140 valence electrons. The predicted octanol–water partition coefficient (Wildman–Crippen LogP) is 3.37. The lowest BCUT2D eigenvalue weighted by atomic mass is 10.1. The molecule has 1 heterocycles. The van der Waals surface area contributed by atoms with Gasteiger partial charge in [-0.05, 0) is 32.3 Å². The minimum absolute atomic E-state index is 0.0336. The zero-order valence-corrected chi connectivity index (χ0v) is 14.8. The number of halogens is 4. The molecule has 2 rings (SSSR count). The molecule has 0 aliphatic heterocycles. The molecule has 0 fully saturated rings. The van der Waals surface area contributed by atoms with Gasteiger partial charge in [0.1, 0.15) is 0 Å². The highest BCUT2D eigenvalue weighted by molar-refractivity contribution is 6.30. The Kier molecular flexibility index (Phi) is 6.38. The van der Waals surface area contributed by atoms with Gasteiger partial charge in [-0.1, -0.05) is 11.6 Å². The van der Waals surface area contributed by atoms with Crippen molar-refractivity contribution in [1.29, 1.82) is 0 Å². The van der Waals surface area contributed by atoms with Gasteiger partial charge in [-0.25, -0.2) is 9.97 Å². The number of amides is 1. The molecule has 1 aromatic carbocycles. The molecule has 0 unspecified atom stereocenters. The Bertz CT molecular complexity index is 765. The highest BCUT2D eigenvalue weighted by Gasteiger charge is 2.34. The Hall–Kier alpha value is -2.39. The van der Waals surface area contributed by atoms with E-state index in [2.05, 4.69) is 20.6 Å². The Morgan fingerprint density at radius 2 is 1.88 bits per heavy atom. The predicted molar refractivity (Wildman–Crippen MR) is 93.5 cm³/mol. The average molecular weight is 388 g/mol. The number of aromatic nitrogens is 2. The van der Waals surface area contributed by atoms with E-state index in [-0.39, 0.29) is 16.3 Å². The summed E-state index contributed by atoms with van der Waals surface area (Å²) in [5.74, 6) is -0.427. The number of benzene rings is 1. The molecule has 1 aromatic heterocycles. The number of hydrogen-bond donors (Lipinski definition) is 2. The van der Waals surface area contributed by atoms with Crippen LogP contribution in [0, 0.1) is 0 Å². The maximum atomic E-state index is 13.1. The Morgan fingerprint density at radius 1 is 1.23 bits per heavy atom. The quantitative estimate of drug-likeness (QED) is 0.795. The van der Waals surface area contributed by atoms with Gasteiger partial charge in [-0.3, -0.25) is 4.79 Å². The van der Waals surface area contributed by atoms with Crippen molar-refractivity contribution in [2.45, 2.75) is 6.18 Å². The van der Waals surface area contributed by atoms with Gasteiger partial charge < -0.3 is 15.5 Å². The van der Waals surface area contributed by atoms with Gasteiger partial charge in [0.25, 0.3) is 5.91 Å². The van der Waals surface area contributed by atoms with Gasteiger partial charge in [-0.15, -0.1) is 0 Å². The van der Waals surface area contributed by atoms with E-state index in [4.69, 9.17) is 11.6 Å². The van der Waals surface area contributed by atoms with Gasteiger partial charge in [0.05, 0.1) is 16.8 Å². The van der Waals surface area contributed by atoms with Gasteiger partial charge >= 0.3 is 6.18 Å². The standard InChI is InChI=1S/C16H17ClF3N5O/c1-25(2)6-5-21-15-22-8-10(9-23-15)14(26)24-13-4-3-11(17)7-12(13)16(18,19)20/h3-4,7-9H,5-6H2,1-2H3,(H,24,26)(H,21,22,23). The van der Waals surface area contributed by atoms with E-state index < -0.39 is 17.6 Å². The van der Waals surface area contributed by atoms with Crippen LogP contribution in [0.5, 0.6) is 0 Å². The summed E-state index contributed by atoms with van der Waals surface area (Å²) in [4.78, 5) is 22.1. The molecule has 0 saturated carbocycles. The number of hydrogen-bond acceptors (Lipinski definition) is 5. The molecule has 10 heteroatoms. The Balaban J connectivity index is 2.09. The summed E-state index contributed by atoms with van der Waals surface area (Å²) in [5.41, 5.74) is -1.38. The maximum absolute atomic E-state index is 13.1. The molecule has 2 N–H and O–H groups in total. The lowest BCUT2D eigenvalue weighted by Gasteiger charge is -2.14. The van der Waals surface area contributed by atoms with Crippen molar-refractivity contribution in [3.05, 3.63) is 46.7 Å². The summed E-state index contributed by atoms with van der Waals surface area (Å²) >= 11 is 5.61. The minimum atomic E-state index is -4.65. The smallest absolute Gasteiger partial charge is 0.353 e. The topological polar surface area (TPSA) is 70.2 Å². The van der Waals surface area contributed by atoms with Crippen LogP contribution in [0.1, 0.15) is 15.9 Å². The second-order valence-electron chi connectivity index (χ2n) is 5.67. The molecule has 0 atom stereocenters. The van der Waals surface area contributed by atoms with E-state index in [9.17, 15) is 18.0 Å². The number of carbonyl (C=O) groups excluding carboxylic acids is 1. The van der Waals surface area contributed by atoms with Crippen molar-refractivity contribution >= 4 is 29.1 Å². The van der Waals surface area contributed by atoms with Crippen molar-refractivity contribution in [1.82, 2.24) is 14.9 Å². The van der Waals surface area contributed by atoms with Crippen LogP contribution in [-0.4, -0.2) is 48.0 Å². The fraction of sp³-hybridized carbons (Fsp3) is 0.312. The van der Waals surface area contributed by atoms with Crippen LogP contribution < -0.4 is 10.6 Å². The summed E-state index contributed by atoms with van der Waals surface area (Å²) in [7, 11) is 3.84. The molecule has 0 spiro atoms. The normalized spacial score (nSPS) is 11.5. The zero-order chi connectivity index (χ0) is 19.3. The summed E-state index contributed by atoms with van der Waals surface area (Å²) in [6.45, 7) is 1.38.